The lowest BCUT2D eigenvalue weighted by molar-refractivity contribution is 0.0272. The number of hydrogen-bond donors (Lipinski definition) is 0. The maximum absolute atomic E-state index is 12.9. The van der Waals surface area contributed by atoms with Gasteiger partial charge in [-0.2, -0.15) is 0 Å². The van der Waals surface area contributed by atoms with E-state index in [1.54, 1.807) is 6.92 Å². The summed E-state index contributed by atoms with van der Waals surface area (Å²) in [5.74, 6) is -0.671. The summed E-state index contributed by atoms with van der Waals surface area (Å²) in [5.41, 5.74) is 0.648. The number of ether oxygens (including phenoxy) is 1. The molecule has 3 aromatic rings. The SMILES string of the molecule is C[C@H](OC(=O)c1cnccn1)c1nnc(-c2ccc(F)cc2)o1. The van der Waals surface area contributed by atoms with Gasteiger partial charge in [-0.25, -0.2) is 14.2 Å². The van der Waals surface area contributed by atoms with Crippen molar-refractivity contribution in [2.45, 2.75) is 13.0 Å². The number of hydrogen-bond acceptors (Lipinski definition) is 7. The molecule has 0 saturated carbocycles. The van der Waals surface area contributed by atoms with Gasteiger partial charge in [-0.05, 0) is 31.2 Å². The molecule has 3 rings (SSSR count). The lowest BCUT2D eigenvalue weighted by Crippen LogP contribution is -2.11. The smallest absolute Gasteiger partial charge is 0.359 e. The van der Waals surface area contributed by atoms with Crippen LogP contribution in [0.2, 0.25) is 0 Å². The third kappa shape index (κ3) is 3.37. The number of nitrogens with zero attached hydrogens (tertiary/aromatic N) is 4. The largest absolute Gasteiger partial charge is 0.448 e. The van der Waals surface area contributed by atoms with Crippen molar-refractivity contribution in [1.29, 1.82) is 0 Å². The first kappa shape index (κ1) is 14.8. The van der Waals surface area contributed by atoms with E-state index in [0.717, 1.165) is 0 Å². The van der Waals surface area contributed by atoms with Gasteiger partial charge in [-0.1, -0.05) is 0 Å². The fourth-order valence-electron chi connectivity index (χ4n) is 1.78. The molecule has 0 fully saturated rings. The summed E-state index contributed by atoms with van der Waals surface area (Å²) in [6.45, 7) is 1.59. The molecule has 23 heavy (non-hydrogen) atoms. The lowest BCUT2D eigenvalue weighted by atomic mass is 10.2. The molecule has 0 radical (unpaired) electrons. The molecule has 0 bridgehead atoms. The Hall–Kier alpha value is -3.16. The van der Waals surface area contributed by atoms with Gasteiger partial charge in [0.05, 0.1) is 6.20 Å². The highest BCUT2D eigenvalue weighted by Crippen LogP contribution is 2.23. The van der Waals surface area contributed by atoms with Crippen molar-refractivity contribution in [2.75, 3.05) is 0 Å². The Labute approximate surface area is 130 Å². The minimum absolute atomic E-state index is 0.0811. The predicted molar refractivity (Wildman–Crippen MR) is 75.6 cm³/mol. The third-order valence-corrected chi connectivity index (χ3v) is 2.94. The van der Waals surface area contributed by atoms with E-state index in [9.17, 15) is 9.18 Å². The number of benzene rings is 1. The Bertz CT molecular complexity index is 805. The summed E-state index contributed by atoms with van der Waals surface area (Å²) in [6.07, 6.45) is 3.38. The van der Waals surface area contributed by atoms with Gasteiger partial charge in [0.15, 0.2) is 11.8 Å². The van der Waals surface area contributed by atoms with Crippen LogP contribution in [-0.2, 0) is 4.74 Å². The minimum Gasteiger partial charge on any atom is -0.448 e. The Kier molecular flexibility index (Phi) is 4.05. The highest BCUT2D eigenvalue weighted by molar-refractivity contribution is 5.86. The lowest BCUT2D eigenvalue weighted by Gasteiger charge is -2.08. The number of halogens is 1. The summed E-state index contributed by atoms with van der Waals surface area (Å²) in [7, 11) is 0. The molecule has 1 aromatic carbocycles. The summed E-state index contributed by atoms with van der Waals surface area (Å²) in [6, 6.07) is 5.61. The molecule has 0 aliphatic rings. The highest BCUT2D eigenvalue weighted by Gasteiger charge is 2.20. The van der Waals surface area contributed by atoms with Gasteiger partial charge in [-0.15, -0.1) is 10.2 Å². The van der Waals surface area contributed by atoms with Crippen LogP contribution in [0.3, 0.4) is 0 Å². The predicted octanol–water partition coefficient (Wildman–Crippen LogP) is 2.58. The number of aromatic nitrogens is 4. The molecule has 2 aromatic heterocycles. The van der Waals surface area contributed by atoms with Crippen molar-refractivity contribution < 1.29 is 18.3 Å². The van der Waals surface area contributed by atoms with Crippen LogP contribution in [-0.4, -0.2) is 26.1 Å². The van der Waals surface area contributed by atoms with Crippen LogP contribution >= 0.6 is 0 Å². The first-order valence-corrected chi connectivity index (χ1v) is 6.70. The number of esters is 1. The molecule has 0 aliphatic carbocycles. The van der Waals surface area contributed by atoms with Crippen molar-refractivity contribution in [3.63, 3.8) is 0 Å². The quantitative estimate of drug-likeness (QED) is 0.683. The van der Waals surface area contributed by atoms with Gasteiger partial charge in [0, 0.05) is 18.0 Å². The number of rotatable bonds is 4. The summed E-state index contributed by atoms with van der Waals surface area (Å²) in [5, 5.41) is 7.70. The second kappa shape index (κ2) is 6.30. The van der Waals surface area contributed by atoms with E-state index < -0.39 is 12.1 Å². The minimum atomic E-state index is -0.758. The molecule has 8 heteroatoms. The maximum atomic E-state index is 12.9. The van der Waals surface area contributed by atoms with Gasteiger partial charge in [0.2, 0.25) is 5.89 Å². The van der Waals surface area contributed by atoms with Crippen molar-refractivity contribution in [3.05, 3.63) is 60.3 Å². The molecule has 0 amide bonds. The number of carbonyl (C=O) groups is 1. The van der Waals surface area contributed by atoms with Crippen molar-refractivity contribution in [2.24, 2.45) is 0 Å². The van der Waals surface area contributed by atoms with Gasteiger partial charge in [-0.3, -0.25) is 4.98 Å². The molecule has 0 N–H and O–H groups in total. The zero-order chi connectivity index (χ0) is 16.2. The summed E-state index contributed by atoms with van der Waals surface area (Å²) in [4.78, 5) is 19.5. The number of carbonyl (C=O) groups excluding carboxylic acids is 1. The van der Waals surface area contributed by atoms with E-state index in [1.807, 2.05) is 0 Å². The second-order valence-electron chi connectivity index (χ2n) is 4.59. The monoisotopic (exact) mass is 314 g/mol. The second-order valence-corrected chi connectivity index (χ2v) is 4.59. The Morgan fingerprint density at radius 3 is 2.70 bits per heavy atom. The van der Waals surface area contributed by atoms with E-state index in [2.05, 4.69) is 20.2 Å². The first-order chi connectivity index (χ1) is 11.1. The van der Waals surface area contributed by atoms with Crippen LogP contribution in [0.5, 0.6) is 0 Å². The zero-order valence-electron chi connectivity index (χ0n) is 12.0. The fraction of sp³-hybridized carbons (Fsp3) is 0.133. The van der Waals surface area contributed by atoms with Crippen LogP contribution < -0.4 is 0 Å². The topological polar surface area (TPSA) is 91.0 Å². The van der Waals surface area contributed by atoms with Crippen LogP contribution in [0, 0.1) is 5.82 Å². The molecule has 2 heterocycles. The molecular weight excluding hydrogens is 303 g/mol. The van der Waals surface area contributed by atoms with E-state index >= 15 is 0 Å². The maximum Gasteiger partial charge on any atom is 0.359 e. The Morgan fingerprint density at radius 2 is 2.00 bits per heavy atom. The van der Waals surface area contributed by atoms with Crippen molar-refractivity contribution in [3.8, 4) is 11.5 Å². The van der Waals surface area contributed by atoms with Crippen molar-refractivity contribution in [1.82, 2.24) is 20.2 Å². The molecule has 0 saturated heterocycles. The van der Waals surface area contributed by atoms with Gasteiger partial charge < -0.3 is 9.15 Å². The van der Waals surface area contributed by atoms with Crippen molar-refractivity contribution >= 4 is 5.97 Å². The highest BCUT2D eigenvalue weighted by atomic mass is 19.1. The van der Waals surface area contributed by atoms with Gasteiger partial charge in [0.25, 0.3) is 5.89 Å². The van der Waals surface area contributed by atoms with Crippen LogP contribution in [0.15, 0.2) is 47.3 Å². The fourth-order valence-corrected chi connectivity index (χ4v) is 1.78. The average Bonchev–Trinajstić information content (AvgIpc) is 3.06. The summed E-state index contributed by atoms with van der Waals surface area (Å²) >= 11 is 0. The van der Waals surface area contributed by atoms with Gasteiger partial charge >= 0.3 is 5.97 Å². The first-order valence-electron chi connectivity index (χ1n) is 6.70. The van der Waals surface area contributed by atoms with Gasteiger partial charge in [0.1, 0.15) is 5.82 Å². The van der Waals surface area contributed by atoms with E-state index in [4.69, 9.17) is 9.15 Å². The average molecular weight is 314 g/mol. The van der Waals surface area contributed by atoms with E-state index in [1.165, 1.54) is 42.9 Å². The molecule has 0 spiro atoms. The molecule has 116 valence electrons. The molecule has 7 nitrogen and oxygen atoms in total. The molecule has 1 atom stereocenters. The summed E-state index contributed by atoms with van der Waals surface area (Å²) < 4.78 is 23.5. The van der Waals surface area contributed by atoms with Crippen LogP contribution in [0.25, 0.3) is 11.5 Å². The van der Waals surface area contributed by atoms with E-state index in [-0.39, 0.29) is 23.3 Å². The Morgan fingerprint density at radius 1 is 1.22 bits per heavy atom. The Balaban J connectivity index is 1.72. The molecule has 0 aliphatic heterocycles. The third-order valence-electron chi connectivity index (χ3n) is 2.94. The zero-order valence-corrected chi connectivity index (χ0v) is 12.0. The van der Waals surface area contributed by atoms with Crippen LogP contribution in [0.1, 0.15) is 29.4 Å². The van der Waals surface area contributed by atoms with Crippen LogP contribution in [0.4, 0.5) is 4.39 Å². The van der Waals surface area contributed by atoms with E-state index in [0.29, 0.717) is 5.56 Å². The normalized spacial score (nSPS) is 11.9. The molecule has 0 unspecified atom stereocenters. The standard InChI is InChI=1S/C15H11FN4O3/c1-9(22-15(21)12-8-17-6-7-18-12)13-19-20-14(23-13)10-2-4-11(16)5-3-10/h2-9H,1H3/t9-/m0/s1. The molecular formula is C15H11FN4O3.